The molecule has 0 saturated heterocycles. The lowest BCUT2D eigenvalue weighted by Gasteiger charge is -2.23. The summed E-state index contributed by atoms with van der Waals surface area (Å²) >= 11 is 8.04. The van der Waals surface area contributed by atoms with E-state index in [1.54, 1.807) is 6.07 Å². The Bertz CT molecular complexity index is 471. The molecule has 0 aliphatic carbocycles. The predicted octanol–water partition coefficient (Wildman–Crippen LogP) is 2.63. The van der Waals surface area contributed by atoms with Crippen LogP contribution in [-0.4, -0.2) is 17.4 Å². The van der Waals surface area contributed by atoms with E-state index in [9.17, 15) is 9.18 Å². The maximum atomic E-state index is 13.5. The fourth-order valence-corrected chi connectivity index (χ4v) is 1.79. The summed E-state index contributed by atoms with van der Waals surface area (Å²) in [4.78, 5) is 12.2. The number of amides is 1. The maximum Gasteiger partial charge on any atom is 0.255 e. The van der Waals surface area contributed by atoms with Gasteiger partial charge >= 0.3 is 0 Å². The zero-order valence-electron chi connectivity index (χ0n) is 10.1. The molecule has 1 rings (SSSR count). The van der Waals surface area contributed by atoms with Crippen molar-refractivity contribution >= 4 is 39.0 Å². The van der Waals surface area contributed by atoms with Crippen LogP contribution in [0.5, 0.6) is 0 Å². The number of benzene rings is 1. The first-order chi connectivity index (χ1) is 8.25. The van der Waals surface area contributed by atoms with Crippen LogP contribution in [0, 0.1) is 11.2 Å². The van der Waals surface area contributed by atoms with E-state index in [-0.39, 0.29) is 12.1 Å². The number of hydrogen-bond donors (Lipinski definition) is 2. The molecule has 1 aromatic rings. The van der Waals surface area contributed by atoms with Crippen molar-refractivity contribution in [2.45, 2.75) is 13.8 Å². The quantitative estimate of drug-likeness (QED) is 0.833. The molecule has 0 radical (unpaired) electrons. The van der Waals surface area contributed by atoms with E-state index >= 15 is 0 Å². The van der Waals surface area contributed by atoms with Crippen molar-refractivity contribution in [2.24, 2.45) is 11.1 Å². The molecule has 0 spiro atoms. The van der Waals surface area contributed by atoms with Gasteiger partial charge in [0.15, 0.2) is 0 Å². The highest BCUT2D eigenvalue weighted by molar-refractivity contribution is 9.10. The second kappa shape index (κ2) is 5.75. The number of nitrogens with one attached hydrogen (secondary N) is 1. The van der Waals surface area contributed by atoms with E-state index in [0.29, 0.717) is 9.46 Å². The normalized spacial score (nSPS) is 11.1. The van der Waals surface area contributed by atoms with Crippen LogP contribution in [0.1, 0.15) is 24.2 Å². The van der Waals surface area contributed by atoms with Crippen LogP contribution in [0.3, 0.4) is 0 Å². The van der Waals surface area contributed by atoms with E-state index in [4.69, 9.17) is 18.0 Å². The van der Waals surface area contributed by atoms with Crippen molar-refractivity contribution < 1.29 is 9.18 Å². The Morgan fingerprint density at radius 2 is 2.17 bits per heavy atom. The minimum atomic E-state index is -0.574. The molecular weight excluding hydrogens is 319 g/mol. The highest BCUT2D eigenvalue weighted by Gasteiger charge is 2.23. The van der Waals surface area contributed by atoms with Crippen LogP contribution in [0.25, 0.3) is 0 Å². The van der Waals surface area contributed by atoms with Gasteiger partial charge in [-0.05, 0) is 28.1 Å². The van der Waals surface area contributed by atoms with Crippen LogP contribution in [0.2, 0.25) is 0 Å². The van der Waals surface area contributed by atoms with E-state index < -0.39 is 17.1 Å². The molecule has 0 saturated carbocycles. The number of nitrogens with two attached hydrogens (primary N) is 1. The Morgan fingerprint density at radius 1 is 1.56 bits per heavy atom. The van der Waals surface area contributed by atoms with Crippen molar-refractivity contribution in [3.05, 3.63) is 34.1 Å². The Hall–Kier alpha value is -1.01. The van der Waals surface area contributed by atoms with Crippen molar-refractivity contribution in [3.63, 3.8) is 0 Å². The van der Waals surface area contributed by atoms with Crippen LogP contribution >= 0.6 is 28.1 Å². The summed E-state index contributed by atoms with van der Waals surface area (Å²) in [6, 6.07) is 4.37. The SMILES string of the molecule is CC(C)(CNC(=O)c1c(F)cccc1Br)C(N)=S. The second-order valence-corrected chi connectivity index (χ2v) is 5.82. The lowest BCUT2D eigenvalue weighted by Crippen LogP contribution is -2.41. The smallest absolute Gasteiger partial charge is 0.255 e. The third-order valence-electron chi connectivity index (χ3n) is 2.55. The number of thiocarbonyl (C=S) groups is 1. The number of rotatable bonds is 4. The number of halogens is 2. The van der Waals surface area contributed by atoms with E-state index in [2.05, 4.69) is 21.2 Å². The van der Waals surface area contributed by atoms with Crippen molar-refractivity contribution in [1.29, 1.82) is 0 Å². The van der Waals surface area contributed by atoms with Crippen LogP contribution in [-0.2, 0) is 0 Å². The van der Waals surface area contributed by atoms with Gasteiger partial charge in [0.2, 0.25) is 0 Å². The van der Waals surface area contributed by atoms with Gasteiger partial charge in [0.05, 0.1) is 10.6 Å². The minimum absolute atomic E-state index is 0.0174. The third kappa shape index (κ3) is 3.49. The Morgan fingerprint density at radius 3 is 2.67 bits per heavy atom. The number of carbonyl (C=O) groups excluding carboxylic acids is 1. The molecule has 0 aliphatic heterocycles. The summed E-state index contributed by atoms with van der Waals surface area (Å²) in [6.07, 6.45) is 0. The van der Waals surface area contributed by atoms with Gasteiger partial charge in [0.25, 0.3) is 5.91 Å². The maximum absolute atomic E-state index is 13.5. The fourth-order valence-electron chi connectivity index (χ4n) is 1.19. The highest BCUT2D eigenvalue weighted by atomic mass is 79.9. The van der Waals surface area contributed by atoms with Crippen molar-refractivity contribution in [3.8, 4) is 0 Å². The van der Waals surface area contributed by atoms with Gasteiger partial charge in [-0.1, -0.05) is 32.1 Å². The van der Waals surface area contributed by atoms with Gasteiger partial charge in [-0.25, -0.2) is 4.39 Å². The van der Waals surface area contributed by atoms with Gasteiger partial charge in [-0.2, -0.15) is 0 Å². The van der Waals surface area contributed by atoms with E-state index in [1.807, 2.05) is 13.8 Å². The first-order valence-electron chi connectivity index (χ1n) is 5.28. The molecule has 18 heavy (non-hydrogen) atoms. The summed E-state index contributed by atoms with van der Waals surface area (Å²) in [6.45, 7) is 3.87. The standard InChI is InChI=1S/C12H14BrFN2OS/c1-12(2,11(15)18)6-16-10(17)9-7(13)4-3-5-8(9)14/h3-5H,6H2,1-2H3,(H2,15,18)(H,16,17). The molecule has 6 heteroatoms. The van der Waals surface area contributed by atoms with Crippen LogP contribution < -0.4 is 11.1 Å². The highest BCUT2D eigenvalue weighted by Crippen LogP contribution is 2.20. The summed E-state index contributed by atoms with van der Waals surface area (Å²) in [5, 5.41) is 2.63. The molecule has 1 aromatic carbocycles. The topological polar surface area (TPSA) is 55.1 Å². The molecule has 0 unspecified atom stereocenters. The Balaban J connectivity index is 2.82. The minimum Gasteiger partial charge on any atom is -0.393 e. The van der Waals surface area contributed by atoms with Gasteiger partial charge in [-0.3, -0.25) is 4.79 Å². The van der Waals surface area contributed by atoms with Crippen molar-refractivity contribution in [1.82, 2.24) is 5.32 Å². The lowest BCUT2D eigenvalue weighted by atomic mass is 9.93. The van der Waals surface area contributed by atoms with E-state index in [1.165, 1.54) is 12.1 Å². The molecule has 0 fully saturated rings. The number of hydrogen-bond acceptors (Lipinski definition) is 2. The van der Waals surface area contributed by atoms with Crippen LogP contribution in [0.15, 0.2) is 22.7 Å². The number of carbonyl (C=O) groups is 1. The Kier molecular flexibility index (Phi) is 4.81. The average Bonchev–Trinajstić information content (AvgIpc) is 2.26. The summed E-state index contributed by atoms with van der Waals surface area (Å²) < 4.78 is 13.9. The Labute approximate surface area is 119 Å². The van der Waals surface area contributed by atoms with Crippen molar-refractivity contribution in [2.75, 3.05) is 6.54 Å². The zero-order valence-corrected chi connectivity index (χ0v) is 12.5. The van der Waals surface area contributed by atoms with Gasteiger partial charge in [-0.15, -0.1) is 0 Å². The summed E-state index contributed by atoms with van der Waals surface area (Å²) in [5.41, 5.74) is 5.02. The zero-order chi connectivity index (χ0) is 13.9. The molecule has 0 atom stereocenters. The molecule has 98 valence electrons. The molecule has 0 aliphatic rings. The molecule has 0 heterocycles. The average molecular weight is 333 g/mol. The van der Waals surface area contributed by atoms with Crippen LogP contribution in [0.4, 0.5) is 4.39 Å². The van der Waals surface area contributed by atoms with Gasteiger partial charge < -0.3 is 11.1 Å². The molecule has 3 nitrogen and oxygen atoms in total. The largest absolute Gasteiger partial charge is 0.393 e. The summed E-state index contributed by atoms with van der Waals surface area (Å²) in [7, 11) is 0. The first-order valence-corrected chi connectivity index (χ1v) is 6.48. The lowest BCUT2D eigenvalue weighted by molar-refractivity contribution is 0.0940. The molecule has 3 N–H and O–H groups in total. The summed E-state index contributed by atoms with van der Waals surface area (Å²) in [5.74, 6) is -1.07. The van der Waals surface area contributed by atoms with Gasteiger partial charge in [0.1, 0.15) is 5.82 Å². The first kappa shape index (κ1) is 15.0. The second-order valence-electron chi connectivity index (χ2n) is 4.53. The fraction of sp³-hybridized carbons (Fsp3) is 0.333. The molecule has 0 bridgehead atoms. The predicted molar refractivity (Wildman–Crippen MR) is 77.0 cm³/mol. The molecule has 1 amide bonds. The third-order valence-corrected chi connectivity index (χ3v) is 3.76. The van der Waals surface area contributed by atoms with E-state index in [0.717, 1.165) is 0 Å². The van der Waals surface area contributed by atoms with Gasteiger partial charge in [0, 0.05) is 16.4 Å². The molecule has 0 aromatic heterocycles. The monoisotopic (exact) mass is 332 g/mol. The molecular formula is C12H14BrFN2OS.